The average molecular weight is 2060 g/mol. The number of ether oxygens (including phenoxy) is 3. The standard InChI is InChI=1S/C25H34N6O3.C25H32N6O2.C20H26N6O.C16H24N2O2.C9H9ClN4.C5HCl2N3.C4H9N.ClH.4H2/c1-25(2,3)34-24(33)31-14-10-18(11-15-31)17-6-8-19(9-7-17)28-23-21(22(26)32)27-16-20(29-23)30-12-4-5-13-30;1-25(2,3)33-24(32)31-14-10-19(11-15-31)18-6-8-20(9-7-18)28-23-21(16-26)27-17-22(29-23)30-12-4-5-13-30;21-19(27)18-20(25-17(13-23-18)26-11-1-2-12-26)24-16-5-3-14(4-6-16)15-7-9-22-10-8-15;1-16(2,3)20-15(19)18-10-8-13(9-11-18)12-4-6-14(17)7-5-12;10-9-7(5-11)12-6-8(13-9)14-3-1-2-4-14;6-4-2-9-3(1-8)5(7)10-4;1-2-4-5-3-1;;;;;/h6-9,16,18H,4-5,10-15H2,1-3H3,(H2,26,32)(H,28,29);6-9,17,19H,4-5,10-15H2,1-3H3,(H,28,29);3-6,13,15,22H,1-2,7-12H2,(H2,21,27)(H,24,25);4-7,13H,8-11,17H2,1-3H3;6H,1-4H2;2H;5H,1-4H2;5*1H. The SMILES string of the molecule is C1CCNC1.CC(C)(C)OC(=O)N1CCC(c2ccc(N)cc2)CC1.CC(C)(C)OC(=O)N1CCC(c2ccc(Nc3nc(N4CCCC4)cnc3C#N)cc2)CC1.CC(C)(C)OC(=O)N1CCC(c2ccc(Nc3nc(N4CCCC4)cnc3C(N)=O)cc2)CC1.Cl.N#Cc1ncc(Cl)nc1Cl.N#Cc1ncc(N2CCCC2)nc1Cl.NC(=O)c1ncc(N2CCCC2)nc1Nc1ccc(C2CCNCC2)cc1.[HH].[HH].[HH].[HH]. The van der Waals surface area contributed by atoms with Crippen LogP contribution in [0, 0.1) is 34.0 Å². The molecule has 0 radical (unpaired) electrons. The molecule has 0 spiro atoms. The summed E-state index contributed by atoms with van der Waals surface area (Å²) in [4.78, 5) is 116. The third-order valence-corrected chi connectivity index (χ3v) is 26.0. The Morgan fingerprint density at radius 3 is 0.924 bits per heavy atom. The van der Waals surface area contributed by atoms with Crippen molar-refractivity contribution in [2.45, 2.75) is 218 Å². The average Bonchev–Trinajstić information content (AvgIpc) is 1.29. The minimum Gasteiger partial charge on any atom is -0.444 e. The van der Waals surface area contributed by atoms with Gasteiger partial charge in [0.25, 0.3) is 11.8 Å². The number of nitrogens with one attached hydrogen (secondary N) is 5. The van der Waals surface area contributed by atoms with Gasteiger partial charge in [-0.05, 0) is 299 Å². The summed E-state index contributed by atoms with van der Waals surface area (Å²) >= 11 is 16.6. The Hall–Kier alpha value is -13.0. The van der Waals surface area contributed by atoms with Crippen LogP contribution in [-0.4, -0.2) is 229 Å². The van der Waals surface area contributed by atoms with Crippen LogP contribution in [0.3, 0.4) is 0 Å². The van der Waals surface area contributed by atoms with Gasteiger partial charge < -0.3 is 92.3 Å². The molecule has 0 saturated carbocycles. The van der Waals surface area contributed by atoms with Crippen molar-refractivity contribution in [3.63, 3.8) is 0 Å². The highest BCUT2D eigenvalue weighted by Gasteiger charge is 2.33. The quantitative estimate of drug-likeness (QED) is 0.0329. The number of hydrogen-bond acceptors (Lipinski definition) is 31. The Morgan fingerprint density at radius 2 is 0.632 bits per heavy atom. The number of nitriles is 3. The second-order valence-corrected chi connectivity index (χ2v) is 40.5. The van der Waals surface area contributed by atoms with E-state index in [1.807, 2.05) is 117 Å². The molecule has 9 aliphatic heterocycles. The minimum atomic E-state index is -0.615. The molecule has 0 bridgehead atoms. The minimum absolute atomic E-state index is 0. The number of piperidine rings is 4. The summed E-state index contributed by atoms with van der Waals surface area (Å²) in [6.07, 6.45) is 27.0. The van der Waals surface area contributed by atoms with Crippen LogP contribution in [0.15, 0.2) is 128 Å². The maximum Gasteiger partial charge on any atom is 0.410 e. The van der Waals surface area contributed by atoms with E-state index in [1.54, 1.807) is 45.6 Å². The number of nitrogen functional groups attached to an aromatic ring is 1. The van der Waals surface area contributed by atoms with E-state index in [2.05, 4.69) is 151 Å². The Morgan fingerprint density at radius 1 is 0.361 bits per heavy atom. The van der Waals surface area contributed by atoms with E-state index in [-0.39, 0.29) is 80.3 Å². The largest absolute Gasteiger partial charge is 0.444 e. The van der Waals surface area contributed by atoms with Crippen molar-refractivity contribution in [3.05, 3.63) is 194 Å². The highest BCUT2D eigenvalue weighted by atomic mass is 35.5. The van der Waals surface area contributed by atoms with Crippen molar-refractivity contribution in [2.24, 2.45) is 11.5 Å². The van der Waals surface area contributed by atoms with Crippen LogP contribution in [0.25, 0.3) is 0 Å². The van der Waals surface area contributed by atoms with Crippen LogP contribution < -0.4 is 63.4 Å². The van der Waals surface area contributed by atoms with Gasteiger partial charge >= 0.3 is 18.3 Å². The van der Waals surface area contributed by atoms with E-state index in [0.717, 1.165) is 202 Å². The van der Waals surface area contributed by atoms with E-state index >= 15 is 0 Å². The number of carbonyl (C=O) groups is 5. The Kier molecular flexibility index (Phi) is 41.8. The molecule has 40 heteroatoms. The molecule has 9 aromatic rings. The fourth-order valence-electron chi connectivity index (χ4n) is 17.7. The van der Waals surface area contributed by atoms with Gasteiger partial charge in [0.15, 0.2) is 56.2 Å². The van der Waals surface area contributed by atoms with Crippen LogP contribution in [0.5, 0.6) is 0 Å². The monoisotopic (exact) mass is 2050 g/mol. The van der Waals surface area contributed by atoms with Gasteiger partial charge in [-0.15, -0.1) is 12.4 Å². The summed E-state index contributed by atoms with van der Waals surface area (Å²) in [6, 6.07) is 38.6. The molecule has 0 atom stereocenters. The lowest BCUT2D eigenvalue weighted by atomic mass is 9.89. The van der Waals surface area contributed by atoms with Gasteiger partial charge in [0, 0.05) is 120 Å². The van der Waals surface area contributed by atoms with Crippen LogP contribution in [0.1, 0.15) is 268 Å². The van der Waals surface area contributed by atoms with Gasteiger partial charge in [0.05, 0.1) is 31.0 Å². The molecule has 144 heavy (non-hydrogen) atoms. The molecule has 5 aromatic heterocycles. The van der Waals surface area contributed by atoms with Crippen LogP contribution in [0.2, 0.25) is 15.5 Å². The van der Waals surface area contributed by atoms with E-state index < -0.39 is 28.6 Å². The van der Waals surface area contributed by atoms with E-state index in [1.165, 1.54) is 80.1 Å². The lowest BCUT2D eigenvalue weighted by Gasteiger charge is -2.33. The van der Waals surface area contributed by atoms with Gasteiger partial charge in [-0.2, -0.15) is 15.8 Å². The Balaban J connectivity index is 0.000000244. The first-order chi connectivity index (χ1) is 68.6. The highest BCUT2D eigenvalue weighted by molar-refractivity contribution is 6.32. The Labute approximate surface area is 871 Å². The maximum atomic E-state index is 12.3. The number of carbonyl (C=O) groups excluding carboxylic acids is 5. The predicted octanol–water partition coefficient (Wildman–Crippen LogP) is 19.6. The first-order valence-electron chi connectivity index (χ1n) is 49.6. The molecule has 0 aliphatic carbocycles. The highest BCUT2D eigenvalue weighted by Crippen LogP contribution is 2.37. The number of anilines is 11. The van der Waals surface area contributed by atoms with Crippen molar-refractivity contribution in [3.8, 4) is 18.2 Å². The number of nitrogens with two attached hydrogens (primary N) is 3. The fraction of sp³-hybridized carbons (Fsp3) is 0.500. The molecule has 36 nitrogen and oxygen atoms in total. The molecule has 11 N–H and O–H groups in total. The fourth-order valence-corrected chi connectivity index (χ4v) is 18.3. The number of primary amides is 2. The van der Waals surface area contributed by atoms with Gasteiger partial charge in [-0.3, -0.25) is 9.59 Å². The molecule has 0 unspecified atom stereocenters. The maximum absolute atomic E-state index is 12.3. The van der Waals surface area contributed by atoms with Crippen molar-refractivity contribution in [1.82, 2.24) is 75.2 Å². The van der Waals surface area contributed by atoms with E-state index in [4.69, 9.17) is 76.7 Å². The summed E-state index contributed by atoms with van der Waals surface area (Å²) in [5.74, 6) is 5.10. The summed E-state index contributed by atoms with van der Waals surface area (Å²) in [7, 11) is 0. The third kappa shape index (κ3) is 34.4. The number of aromatic nitrogens is 10. The smallest absolute Gasteiger partial charge is 0.410 e. The zero-order chi connectivity index (χ0) is 102. The molecule has 9 aliphatic rings. The molecule has 9 fully saturated rings. The first kappa shape index (κ1) is 111. The third-order valence-electron chi connectivity index (χ3n) is 25.3. The Bertz CT molecular complexity index is 5820. The molecular formula is C104H144Cl4N28O8. The predicted molar refractivity (Wildman–Crippen MR) is 574 cm³/mol. The first-order valence-corrected chi connectivity index (χ1v) is 50.7. The lowest BCUT2D eigenvalue weighted by Crippen LogP contribution is -2.41. The zero-order valence-corrected chi connectivity index (χ0v) is 87.0. The van der Waals surface area contributed by atoms with Gasteiger partial charge in [-0.25, -0.2) is 64.2 Å². The van der Waals surface area contributed by atoms with Crippen LogP contribution >= 0.6 is 47.2 Å². The summed E-state index contributed by atoms with van der Waals surface area (Å²) in [5, 5.41) is 43.2. The second kappa shape index (κ2) is 54.1. The molecule has 776 valence electrons. The molecular weight excluding hydrogens is 1910 g/mol. The van der Waals surface area contributed by atoms with Gasteiger partial charge in [-0.1, -0.05) is 83.3 Å². The van der Waals surface area contributed by atoms with Crippen molar-refractivity contribution in [1.29, 1.82) is 15.8 Å². The van der Waals surface area contributed by atoms with Gasteiger partial charge in [0.2, 0.25) is 0 Å². The molecule has 4 aromatic carbocycles. The molecule has 5 amide bonds. The van der Waals surface area contributed by atoms with Crippen LogP contribution in [-0.2, 0) is 14.2 Å². The zero-order valence-electron chi connectivity index (χ0n) is 83.9. The summed E-state index contributed by atoms with van der Waals surface area (Å²) in [5.41, 5.74) is 24.7. The van der Waals surface area contributed by atoms with E-state index in [9.17, 15) is 29.2 Å². The lowest BCUT2D eigenvalue weighted by molar-refractivity contribution is 0.0194. The van der Waals surface area contributed by atoms with Crippen molar-refractivity contribution in [2.75, 3.05) is 159 Å². The van der Waals surface area contributed by atoms with Crippen molar-refractivity contribution >= 4 is 141 Å². The summed E-state index contributed by atoms with van der Waals surface area (Å²) in [6.45, 7) is 33.7. The van der Waals surface area contributed by atoms with Crippen LogP contribution in [0.4, 0.5) is 77.9 Å². The normalized spacial score (nSPS) is 16.6. The number of rotatable bonds is 16. The number of likely N-dealkylation sites (tertiary alicyclic amines) is 3. The number of hydrogen-bond donors (Lipinski definition) is 8. The number of nitrogens with zero attached hydrogens (tertiary/aromatic N) is 20. The number of amides is 5. The molecule has 9 saturated heterocycles. The molecule has 14 heterocycles. The van der Waals surface area contributed by atoms with Gasteiger partial charge in [0.1, 0.15) is 63.4 Å². The topological polar surface area (TPSA) is 474 Å². The second-order valence-electron chi connectivity index (χ2n) is 39.4. The summed E-state index contributed by atoms with van der Waals surface area (Å²) < 4.78 is 16.4. The molecule has 18 rings (SSSR count). The van der Waals surface area contributed by atoms with E-state index in [0.29, 0.717) is 67.3 Å². The number of benzene rings is 4. The number of halogens is 4. The van der Waals surface area contributed by atoms with Crippen molar-refractivity contribution < 1.29 is 43.9 Å².